The summed E-state index contributed by atoms with van der Waals surface area (Å²) in [5, 5.41) is 2.87. The van der Waals surface area contributed by atoms with Gasteiger partial charge in [0.2, 0.25) is 5.91 Å². The molecule has 2 rings (SSSR count). The minimum atomic E-state index is -0.471. The number of nitrogens with two attached hydrogens (primary N) is 1. The average Bonchev–Trinajstić information content (AvgIpc) is 2.93. The molecule has 1 aromatic carbocycles. The van der Waals surface area contributed by atoms with E-state index >= 15 is 0 Å². The molecule has 0 saturated heterocycles. The highest BCUT2D eigenvalue weighted by Crippen LogP contribution is 2.19. The molecule has 19 heavy (non-hydrogen) atoms. The van der Waals surface area contributed by atoms with Gasteiger partial charge in [-0.05, 0) is 18.6 Å². The number of anilines is 1. The SMILES string of the molecule is CCC[C@H](N)C(=O)Nc1ccccc1-n1ccnc1. The van der Waals surface area contributed by atoms with Crippen LogP contribution in [0.4, 0.5) is 5.69 Å². The van der Waals surface area contributed by atoms with Crippen LogP contribution in [0.1, 0.15) is 19.8 Å². The molecule has 0 spiro atoms. The molecule has 5 heteroatoms. The number of nitrogens with zero attached hydrogens (tertiary/aromatic N) is 2. The van der Waals surface area contributed by atoms with Crippen molar-refractivity contribution in [3.63, 3.8) is 0 Å². The standard InChI is InChI=1S/C14H18N4O/c1-2-5-11(15)14(19)17-12-6-3-4-7-13(12)18-9-8-16-10-18/h3-4,6-11H,2,5,15H2,1H3,(H,17,19)/t11-/m0/s1. The summed E-state index contributed by atoms with van der Waals surface area (Å²) in [6, 6.07) is 7.09. The first-order valence-electron chi connectivity index (χ1n) is 6.36. The Bertz CT molecular complexity index is 536. The lowest BCUT2D eigenvalue weighted by Crippen LogP contribution is -2.35. The molecule has 5 nitrogen and oxygen atoms in total. The van der Waals surface area contributed by atoms with Gasteiger partial charge in [0.05, 0.1) is 23.7 Å². The van der Waals surface area contributed by atoms with Gasteiger partial charge in [0.25, 0.3) is 0 Å². The Hall–Kier alpha value is -2.14. The number of amides is 1. The van der Waals surface area contributed by atoms with Gasteiger partial charge in [-0.3, -0.25) is 4.79 Å². The molecule has 100 valence electrons. The second-order valence-corrected chi connectivity index (χ2v) is 4.37. The molecule has 0 bridgehead atoms. The number of carbonyl (C=O) groups excluding carboxylic acids is 1. The van der Waals surface area contributed by atoms with E-state index in [4.69, 9.17) is 5.73 Å². The molecule has 0 aliphatic rings. The lowest BCUT2D eigenvalue weighted by molar-refractivity contribution is -0.117. The van der Waals surface area contributed by atoms with Crippen molar-refractivity contribution in [1.29, 1.82) is 0 Å². The molecule has 0 aliphatic carbocycles. The van der Waals surface area contributed by atoms with Crippen LogP contribution in [-0.2, 0) is 4.79 Å². The highest BCUT2D eigenvalue weighted by atomic mass is 16.2. The van der Waals surface area contributed by atoms with E-state index < -0.39 is 6.04 Å². The van der Waals surface area contributed by atoms with E-state index in [0.717, 1.165) is 17.8 Å². The number of rotatable bonds is 5. The largest absolute Gasteiger partial charge is 0.323 e. The zero-order valence-corrected chi connectivity index (χ0v) is 10.9. The second kappa shape index (κ2) is 6.15. The number of hydrogen-bond donors (Lipinski definition) is 2. The van der Waals surface area contributed by atoms with Crippen LogP contribution < -0.4 is 11.1 Å². The predicted octanol–water partition coefficient (Wildman–Crippen LogP) is 1.94. The highest BCUT2D eigenvalue weighted by molar-refractivity contribution is 5.96. The number of hydrogen-bond acceptors (Lipinski definition) is 3. The highest BCUT2D eigenvalue weighted by Gasteiger charge is 2.14. The molecule has 0 aliphatic heterocycles. The monoisotopic (exact) mass is 258 g/mol. The van der Waals surface area contributed by atoms with Crippen molar-refractivity contribution < 1.29 is 4.79 Å². The number of imidazole rings is 1. The molecule has 1 amide bonds. The smallest absolute Gasteiger partial charge is 0.241 e. The van der Waals surface area contributed by atoms with Crippen LogP contribution in [0.25, 0.3) is 5.69 Å². The van der Waals surface area contributed by atoms with Crippen molar-refractivity contribution in [3.05, 3.63) is 43.0 Å². The van der Waals surface area contributed by atoms with E-state index in [2.05, 4.69) is 10.3 Å². The molecular weight excluding hydrogens is 240 g/mol. The van der Waals surface area contributed by atoms with Crippen LogP contribution in [0.2, 0.25) is 0 Å². The maximum absolute atomic E-state index is 12.0. The van der Waals surface area contributed by atoms with E-state index in [-0.39, 0.29) is 5.91 Å². The summed E-state index contributed by atoms with van der Waals surface area (Å²) >= 11 is 0. The van der Waals surface area contributed by atoms with Gasteiger partial charge in [0.15, 0.2) is 0 Å². The molecule has 1 atom stereocenters. The fourth-order valence-corrected chi connectivity index (χ4v) is 1.87. The van der Waals surface area contributed by atoms with E-state index in [1.54, 1.807) is 12.5 Å². The molecule has 2 aromatic rings. The molecule has 1 heterocycles. The number of nitrogens with one attached hydrogen (secondary N) is 1. The van der Waals surface area contributed by atoms with Crippen molar-refractivity contribution in [2.45, 2.75) is 25.8 Å². The Balaban J connectivity index is 2.19. The van der Waals surface area contributed by atoms with Crippen LogP contribution in [0.15, 0.2) is 43.0 Å². The summed E-state index contributed by atoms with van der Waals surface area (Å²) in [4.78, 5) is 16.0. The third-order valence-electron chi connectivity index (χ3n) is 2.88. The molecule has 0 fully saturated rings. The van der Waals surface area contributed by atoms with Crippen molar-refractivity contribution in [2.75, 3.05) is 5.32 Å². The molecule has 0 radical (unpaired) electrons. The zero-order valence-electron chi connectivity index (χ0n) is 10.9. The Labute approximate surface area is 112 Å². The van der Waals surface area contributed by atoms with Crippen LogP contribution in [-0.4, -0.2) is 21.5 Å². The van der Waals surface area contributed by atoms with Crippen molar-refractivity contribution in [3.8, 4) is 5.69 Å². The van der Waals surface area contributed by atoms with Gasteiger partial charge >= 0.3 is 0 Å². The first-order chi connectivity index (χ1) is 9.22. The third-order valence-corrected chi connectivity index (χ3v) is 2.88. The van der Waals surface area contributed by atoms with Crippen LogP contribution in [0.3, 0.4) is 0 Å². The minimum Gasteiger partial charge on any atom is -0.323 e. The van der Waals surface area contributed by atoms with Gasteiger partial charge < -0.3 is 15.6 Å². The van der Waals surface area contributed by atoms with Gasteiger partial charge in [-0.1, -0.05) is 25.5 Å². The number of carbonyl (C=O) groups is 1. The summed E-state index contributed by atoms with van der Waals surface area (Å²) in [7, 11) is 0. The summed E-state index contributed by atoms with van der Waals surface area (Å²) in [5.74, 6) is -0.158. The fraction of sp³-hybridized carbons (Fsp3) is 0.286. The molecule has 3 N–H and O–H groups in total. The minimum absolute atomic E-state index is 0.158. The fourth-order valence-electron chi connectivity index (χ4n) is 1.87. The quantitative estimate of drug-likeness (QED) is 0.860. The van der Waals surface area contributed by atoms with Gasteiger partial charge in [0, 0.05) is 12.4 Å². The summed E-state index contributed by atoms with van der Waals surface area (Å²) in [5.41, 5.74) is 7.42. The van der Waals surface area contributed by atoms with Gasteiger partial charge in [-0.15, -0.1) is 0 Å². The normalized spacial score (nSPS) is 12.1. The van der Waals surface area contributed by atoms with Crippen LogP contribution in [0.5, 0.6) is 0 Å². The Morgan fingerprint density at radius 2 is 2.26 bits per heavy atom. The van der Waals surface area contributed by atoms with Crippen molar-refractivity contribution in [2.24, 2.45) is 5.73 Å². The lowest BCUT2D eigenvalue weighted by atomic mass is 10.1. The van der Waals surface area contributed by atoms with Crippen LogP contribution in [0, 0.1) is 0 Å². The number of para-hydroxylation sites is 2. The summed E-state index contributed by atoms with van der Waals surface area (Å²) in [6.45, 7) is 2.01. The Morgan fingerprint density at radius 3 is 2.95 bits per heavy atom. The third kappa shape index (κ3) is 3.20. The van der Waals surface area contributed by atoms with E-state index in [9.17, 15) is 4.79 Å². The maximum atomic E-state index is 12.0. The van der Waals surface area contributed by atoms with Crippen LogP contribution >= 0.6 is 0 Å². The van der Waals surface area contributed by atoms with Gasteiger partial charge in [-0.25, -0.2) is 4.98 Å². The molecule has 0 saturated carbocycles. The lowest BCUT2D eigenvalue weighted by Gasteiger charge is -2.14. The predicted molar refractivity (Wildman–Crippen MR) is 75.1 cm³/mol. The molecular formula is C14H18N4O. The zero-order chi connectivity index (χ0) is 13.7. The van der Waals surface area contributed by atoms with Gasteiger partial charge in [-0.2, -0.15) is 0 Å². The summed E-state index contributed by atoms with van der Waals surface area (Å²) < 4.78 is 1.85. The van der Waals surface area contributed by atoms with E-state index in [0.29, 0.717) is 6.42 Å². The van der Waals surface area contributed by atoms with E-state index in [1.165, 1.54) is 0 Å². The Kier molecular flexibility index (Phi) is 4.30. The number of aromatic nitrogens is 2. The summed E-state index contributed by atoms with van der Waals surface area (Å²) in [6.07, 6.45) is 6.78. The first kappa shape index (κ1) is 13.3. The average molecular weight is 258 g/mol. The van der Waals surface area contributed by atoms with Crippen molar-refractivity contribution in [1.82, 2.24) is 9.55 Å². The molecule has 0 unspecified atom stereocenters. The topological polar surface area (TPSA) is 72.9 Å². The van der Waals surface area contributed by atoms with Gasteiger partial charge in [0.1, 0.15) is 0 Å². The molecule has 1 aromatic heterocycles. The number of benzene rings is 1. The van der Waals surface area contributed by atoms with Crippen molar-refractivity contribution >= 4 is 11.6 Å². The second-order valence-electron chi connectivity index (χ2n) is 4.37. The maximum Gasteiger partial charge on any atom is 0.241 e. The van der Waals surface area contributed by atoms with E-state index in [1.807, 2.05) is 42.0 Å². The first-order valence-corrected chi connectivity index (χ1v) is 6.36. The Morgan fingerprint density at radius 1 is 1.47 bits per heavy atom.